The lowest BCUT2D eigenvalue weighted by Crippen LogP contribution is -2.30. The van der Waals surface area contributed by atoms with Gasteiger partial charge in [-0.3, -0.25) is 14.9 Å². The molecule has 0 radical (unpaired) electrons. The van der Waals surface area contributed by atoms with Gasteiger partial charge < -0.3 is 10.1 Å². The number of aryl methyl sites for hydroxylation is 1. The lowest BCUT2D eigenvalue weighted by molar-refractivity contribution is -0.387. The Balaban J connectivity index is 1.69. The van der Waals surface area contributed by atoms with E-state index >= 15 is 0 Å². The molecule has 0 atom stereocenters. The molecule has 136 valence electrons. The third-order valence-electron chi connectivity index (χ3n) is 3.46. The van der Waals surface area contributed by atoms with Gasteiger partial charge in [-0.1, -0.05) is 11.8 Å². The molecular formula is C16H15N3O5S2. The highest BCUT2D eigenvalue weighted by Crippen LogP contribution is 2.36. The minimum absolute atomic E-state index is 0.0237. The van der Waals surface area contributed by atoms with Crippen molar-refractivity contribution in [2.45, 2.75) is 35.0 Å². The molecule has 1 amide bonds. The van der Waals surface area contributed by atoms with Crippen molar-refractivity contribution >= 4 is 40.7 Å². The highest BCUT2D eigenvalue weighted by atomic mass is 32.2. The standard InChI is InChI=1S/C16H15N3O5S2/c1-9-8-25-16(17-9)26-13-5-2-10(6-12(13)19(22)23)15(21)24-7-14(20)18-11-3-4-11/h2,5-6,8,11H,3-4,7H2,1H3,(H,18,20). The Morgan fingerprint density at radius 2 is 2.23 bits per heavy atom. The maximum absolute atomic E-state index is 12.1. The normalized spacial score (nSPS) is 13.3. The van der Waals surface area contributed by atoms with Crippen molar-refractivity contribution in [1.29, 1.82) is 0 Å². The molecule has 0 saturated heterocycles. The topological polar surface area (TPSA) is 111 Å². The van der Waals surface area contributed by atoms with E-state index in [0.717, 1.165) is 24.6 Å². The highest BCUT2D eigenvalue weighted by molar-refractivity contribution is 8.01. The van der Waals surface area contributed by atoms with Crippen molar-refractivity contribution in [3.63, 3.8) is 0 Å². The number of hydrogen-bond donors (Lipinski definition) is 1. The largest absolute Gasteiger partial charge is 0.452 e. The Morgan fingerprint density at radius 3 is 2.85 bits per heavy atom. The van der Waals surface area contributed by atoms with Crippen molar-refractivity contribution in [2.24, 2.45) is 0 Å². The molecule has 1 aliphatic carbocycles. The van der Waals surface area contributed by atoms with Crippen LogP contribution < -0.4 is 5.32 Å². The van der Waals surface area contributed by atoms with Crippen LogP contribution >= 0.6 is 23.1 Å². The quantitative estimate of drug-likeness (QED) is 0.437. The second kappa shape index (κ2) is 7.83. The number of thiazole rings is 1. The number of amides is 1. The fraction of sp³-hybridized carbons (Fsp3) is 0.312. The van der Waals surface area contributed by atoms with Gasteiger partial charge in [0.25, 0.3) is 11.6 Å². The number of aromatic nitrogens is 1. The van der Waals surface area contributed by atoms with E-state index in [-0.39, 0.29) is 23.2 Å². The van der Waals surface area contributed by atoms with E-state index in [1.807, 2.05) is 12.3 Å². The van der Waals surface area contributed by atoms with Gasteiger partial charge in [0, 0.05) is 23.2 Å². The van der Waals surface area contributed by atoms with E-state index in [4.69, 9.17) is 4.74 Å². The Bertz CT molecular complexity index is 863. The van der Waals surface area contributed by atoms with Crippen LogP contribution in [-0.2, 0) is 9.53 Å². The molecule has 1 aliphatic rings. The number of nitrogens with one attached hydrogen (secondary N) is 1. The van der Waals surface area contributed by atoms with Gasteiger partial charge in [-0.05, 0) is 31.9 Å². The Morgan fingerprint density at radius 1 is 1.46 bits per heavy atom. The summed E-state index contributed by atoms with van der Waals surface area (Å²) in [5.41, 5.74) is 0.653. The molecule has 3 rings (SSSR count). The van der Waals surface area contributed by atoms with Gasteiger partial charge in [-0.2, -0.15) is 0 Å². The van der Waals surface area contributed by atoms with Gasteiger partial charge in [0.1, 0.15) is 0 Å². The zero-order valence-electron chi connectivity index (χ0n) is 13.8. The van der Waals surface area contributed by atoms with Crippen LogP contribution in [0.5, 0.6) is 0 Å². The first kappa shape index (κ1) is 18.3. The first-order valence-electron chi connectivity index (χ1n) is 7.77. The van der Waals surface area contributed by atoms with E-state index in [9.17, 15) is 19.7 Å². The van der Waals surface area contributed by atoms with Crippen LogP contribution in [0.4, 0.5) is 5.69 Å². The molecule has 1 aromatic heterocycles. The first-order chi connectivity index (χ1) is 12.4. The van der Waals surface area contributed by atoms with Gasteiger partial charge in [-0.15, -0.1) is 11.3 Å². The number of hydrogen-bond acceptors (Lipinski definition) is 8. The molecule has 10 heteroatoms. The van der Waals surface area contributed by atoms with Crippen LogP contribution in [0.3, 0.4) is 0 Å². The van der Waals surface area contributed by atoms with E-state index in [2.05, 4.69) is 10.3 Å². The molecule has 2 aromatic rings. The highest BCUT2D eigenvalue weighted by Gasteiger charge is 2.24. The van der Waals surface area contributed by atoms with E-state index in [1.165, 1.54) is 35.2 Å². The van der Waals surface area contributed by atoms with Crippen molar-refractivity contribution in [2.75, 3.05) is 6.61 Å². The summed E-state index contributed by atoms with van der Waals surface area (Å²) in [6.07, 6.45) is 1.87. The average Bonchev–Trinajstić information content (AvgIpc) is 3.32. The predicted molar refractivity (Wildman–Crippen MR) is 95.5 cm³/mol. The predicted octanol–water partition coefficient (Wildman–Crippen LogP) is 2.95. The van der Waals surface area contributed by atoms with Crippen molar-refractivity contribution < 1.29 is 19.2 Å². The summed E-state index contributed by atoms with van der Waals surface area (Å²) in [7, 11) is 0. The molecule has 1 saturated carbocycles. The van der Waals surface area contributed by atoms with Crippen LogP contribution in [0.15, 0.2) is 32.8 Å². The number of rotatable bonds is 7. The lowest BCUT2D eigenvalue weighted by atomic mass is 10.2. The summed E-state index contributed by atoms with van der Waals surface area (Å²) in [6, 6.07) is 4.26. The molecule has 1 heterocycles. The van der Waals surface area contributed by atoms with Crippen LogP contribution in [-0.4, -0.2) is 34.4 Å². The minimum atomic E-state index is -0.777. The van der Waals surface area contributed by atoms with Crippen LogP contribution in [0.2, 0.25) is 0 Å². The molecule has 0 spiro atoms. The molecule has 0 bridgehead atoms. The average molecular weight is 393 g/mol. The van der Waals surface area contributed by atoms with Gasteiger partial charge in [0.15, 0.2) is 10.9 Å². The molecule has 0 unspecified atom stereocenters. The summed E-state index contributed by atoms with van der Waals surface area (Å²) in [4.78, 5) is 39.0. The minimum Gasteiger partial charge on any atom is -0.452 e. The van der Waals surface area contributed by atoms with Crippen LogP contribution in [0.25, 0.3) is 0 Å². The molecule has 8 nitrogen and oxygen atoms in total. The first-order valence-corrected chi connectivity index (χ1v) is 9.47. The van der Waals surface area contributed by atoms with E-state index in [1.54, 1.807) is 0 Å². The zero-order chi connectivity index (χ0) is 18.7. The van der Waals surface area contributed by atoms with Gasteiger partial charge in [0.05, 0.1) is 15.4 Å². The van der Waals surface area contributed by atoms with Crippen molar-refractivity contribution in [3.8, 4) is 0 Å². The summed E-state index contributed by atoms with van der Waals surface area (Å²) < 4.78 is 5.60. The Hall–Kier alpha value is -2.46. The third kappa shape index (κ3) is 4.79. The number of nitrogens with zero attached hydrogens (tertiary/aromatic N) is 2. The number of ether oxygens (including phenoxy) is 1. The fourth-order valence-corrected chi connectivity index (χ4v) is 3.94. The molecule has 26 heavy (non-hydrogen) atoms. The summed E-state index contributed by atoms with van der Waals surface area (Å²) in [5, 5.41) is 15.9. The van der Waals surface area contributed by atoms with Crippen LogP contribution in [0, 0.1) is 17.0 Å². The number of carbonyl (C=O) groups excluding carboxylic acids is 2. The summed E-state index contributed by atoms with van der Waals surface area (Å²) in [6.45, 7) is 1.44. The zero-order valence-corrected chi connectivity index (χ0v) is 15.4. The third-order valence-corrected chi connectivity index (χ3v) is 5.58. The number of nitro groups is 1. The Kier molecular flexibility index (Phi) is 5.52. The number of nitro benzene ring substituents is 1. The summed E-state index contributed by atoms with van der Waals surface area (Å²) >= 11 is 2.55. The number of esters is 1. The van der Waals surface area contributed by atoms with Crippen molar-refractivity contribution in [3.05, 3.63) is 45.0 Å². The lowest BCUT2D eigenvalue weighted by Gasteiger charge is -2.07. The molecule has 1 N–H and O–H groups in total. The smallest absolute Gasteiger partial charge is 0.338 e. The van der Waals surface area contributed by atoms with Crippen LogP contribution in [0.1, 0.15) is 28.9 Å². The van der Waals surface area contributed by atoms with Gasteiger partial charge >= 0.3 is 5.97 Å². The molecule has 1 fully saturated rings. The molecular weight excluding hydrogens is 378 g/mol. The maximum Gasteiger partial charge on any atom is 0.338 e. The SMILES string of the molecule is Cc1csc(Sc2ccc(C(=O)OCC(=O)NC3CC3)cc2[N+](=O)[O-])n1. The monoisotopic (exact) mass is 393 g/mol. The van der Waals surface area contributed by atoms with Gasteiger partial charge in [-0.25, -0.2) is 9.78 Å². The van der Waals surface area contributed by atoms with Crippen molar-refractivity contribution in [1.82, 2.24) is 10.3 Å². The molecule has 1 aromatic carbocycles. The second-order valence-electron chi connectivity index (χ2n) is 5.71. The van der Waals surface area contributed by atoms with E-state index in [0.29, 0.717) is 9.24 Å². The van der Waals surface area contributed by atoms with Gasteiger partial charge in [0.2, 0.25) is 0 Å². The Labute approximate surface area is 157 Å². The second-order valence-corrected chi connectivity index (χ2v) is 7.86. The summed E-state index contributed by atoms with van der Waals surface area (Å²) in [5.74, 6) is -1.15. The fourth-order valence-electron chi connectivity index (χ4n) is 2.06. The maximum atomic E-state index is 12.1. The van der Waals surface area contributed by atoms with E-state index < -0.39 is 17.5 Å². The number of benzene rings is 1. The number of carbonyl (C=O) groups is 2. The molecule has 0 aliphatic heterocycles.